The van der Waals surface area contributed by atoms with Gasteiger partial charge >= 0.3 is 0 Å². The van der Waals surface area contributed by atoms with Crippen LogP contribution in [-0.2, 0) is 25.9 Å². The second kappa shape index (κ2) is 7.70. The summed E-state index contributed by atoms with van der Waals surface area (Å²) in [4.78, 5) is 9.21. The van der Waals surface area contributed by atoms with Crippen molar-refractivity contribution in [3.63, 3.8) is 0 Å². The Hall–Kier alpha value is -1.72. The molecule has 0 radical (unpaired) electrons. The average molecular weight is 314 g/mol. The van der Waals surface area contributed by atoms with Crippen molar-refractivity contribution in [1.82, 2.24) is 19.9 Å². The fourth-order valence-electron chi connectivity index (χ4n) is 3.05. The first-order valence-electron chi connectivity index (χ1n) is 8.53. The fraction of sp³-hybridized carbons (Fsp3) is 0.556. The van der Waals surface area contributed by atoms with Crippen molar-refractivity contribution in [1.29, 1.82) is 0 Å². The fourth-order valence-corrected chi connectivity index (χ4v) is 3.05. The molecule has 0 unspecified atom stereocenters. The van der Waals surface area contributed by atoms with Crippen LogP contribution in [0.3, 0.4) is 0 Å². The summed E-state index contributed by atoms with van der Waals surface area (Å²) in [5, 5.41) is 4.01. The monoisotopic (exact) mass is 314 g/mol. The number of fused-ring (bicyclic) bond motifs is 1. The summed E-state index contributed by atoms with van der Waals surface area (Å²) in [6.45, 7) is 7.13. The van der Waals surface area contributed by atoms with Crippen LogP contribution < -0.4 is 0 Å². The average Bonchev–Trinajstić information content (AvgIpc) is 3.00. The maximum absolute atomic E-state index is 5.31. The third-order valence-corrected chi connectivity index (χ3v) is 4.40. The van der Waals surface area contributed by atoms with Crippen molar-refractivity contribution >= 4 is 0 Å². The SMILES string of the molecule is CCCc1noc(CN(C)CCN2CCc3ccccc3C2)n1. The van der Waals surface area contributed by atoms with E-state index < -0.39 is 0 Å². The number of nitrogens with zero attached hydrogens (tertiary/aromatic N) is 4. The summed E-state index contributed by atoms with van der Waals surface area (Å²) in [7, 11) is 2.11. The van der Waals surface area contributed by atoms with Gasteiger partial charge in [-0.25, -0.2) is 0 Å². The Morgan fingerprint density at radius 3 is 2.91 bits per heavy atom. The minimum Gasteiger partial charge on any atom is -0.338 e. The van der Waals surface area contributed by atoms with E-state index in [2.05, 4.69) is 58.2 Å². The molecule has 1 aromatic carbocycles. The van der Waals surface area contributed by atoms with E-state index in [0.29, 0.717) is 0 Å². The van der Waals surface area contributed by atoms with Crippen LogP contribution in [0, 0.1) is 0 Å². The molecule has 0 spiro atoms. The van der Waals surface area contributed by atoms with E-state index in [1.807, 2.05) is 0 Å². The zero-order chi connectivity index (χ0) is 16.1. The number of rotatable bonds is 7. The lowest BCUT2D eigenvalue weighted by molar-refractivity contribution is 0.196. The molecule has 5 heteroatoms. The Morgan fingerprint density at radius 2 is 2.09 bits per heavy atom. The molecular formula is C18H26N4O. The molecule has 0 atom stereocenters. The zero-order valence-corrected chi connectivity index (χ0v) is 14.2. The smallest absolute Gasteiger partial charge is 0.240 e. The molecule has 0 fully saturated rings. The van der Waals surface area contributed by atoms with Crippen LogP contribution in [0.5, 0.6) is 0 Å². The molecule has 1 aromatic heterocycles. The van der Waals surface area contributed by atoms with Crippen molar-refractivity contribution in [2.45, 2.75) is 39.3 Å². The minimum absolute atomic E-state index is 0.722. The molecule has 2 heterocycles. The van der Waals surface area contributed by atoms with Gasteiger partial charge in [0, 0.05) is 32.6 Å². The van der Waals surface area contributed by atoms with Crippen LogP contribution in [-0.4, -0.2) is 46.6 Å². The lowest BCUT2D eigenvalue weighted by atomic mass is 10.00. The second-order valence-electron chi connectivity index (χ2n) is 6.39. The predicted octanol–water partition coefficient (Wildman–Crippen LogP) is 2.51. The second-order valence-corrected chi connectivity index (χ2v) is 6.39. The van der Waals surface area contributed by atoms with E-state index >= 15 is 0 Å². The largest absolute Gasteiger partial charge is 0.338 e. The maximum atomic E-state index is 5.31. The first kappa shape index (κ1) is 16.1. The lowest BCUT2D eigenvalue weighted by Crippen LogP contribution is -2.36. The van der Waals surface area contributed by atoms with Gasteiger partial charge in [-0.2, -0.15) is 4.98 Å². The number of hydrogen-bond donors (Lipinski definition) is 0. The number of hydrogen-bond acceptors (Lipinski definition) is 5. The highest BCUT2D eigenvalue weighted by Crippen LogP contribution is 2.18. The first-order valence-corrected chi connectivity index (χ1v) is 8.53. The normalized spacial score (nSPS) is 15.1. The molecule has 0 bridgehead atoms. The molecular weight excluding hydrogens is 288 g/mol. The highest BCUT2D eigenvalue weighted by Gasteiger charge is 2.16. The molecule has 0 saturated heterocycles. The van der Waals surface area contributed by atoms with Gasteiger partial charge in [0.2, 0.25) is 5.89 Å². The highest BCUT2D eigenvalue weighted by molar-refractivity contribution is 5.28. The van der Waals surface area contributed by atoms with Crippen molar-refractivity contribution in [2.24, 2.45) is 0 Å². The van der Waals surface area contributed by atoms with E-state index in [-0.39, 0.29) is 0 Å². The van der Waals surface area contributed by atoms with Crippen LogP contribution in [0.25, 0.3) is 0 Å². The Morgan fingerprint density at radius 1 is 1.26 bits per heavy atom. The van der Waals surface area contributed by atoms with Gasteiger partial charge < -0.3 is 4.52 Å². The van der Waals surface area contributed by atoms with Gasteiger partial charge in [0.25, 0.3) is 0 Å². The van der Waals surface area contributed by atoms with Gasteiger partial charge in [-0.1, -0.05) is 36.3 Å². The summed E-state index contributed by atoms with van der Waals surface area (Å²) in [6.07, 6.45) is 3.09. The molecule has 1 aliphatic heterocycles. The van der Waals surface area contributed by atoms with E-state index in [9.17, 15) is 0 Å². The van der Waals surface area contributed by atoms with Crippen molar-refractivity contribution < 1.29 is 4.52 Å². The molecule has 3 rings (SSSR count). The molecule has 2 aromatic rings. The molecule has 0 saturated carbocycles. The third-order valence-electron chi connectivity index (χ3n) is 4.40. The van der Waals surface area contributed by atoms with Gasteiger partial charge in [-0.05, 0) is 31.0 Å². The predicted molar refractivity (Wildman–Crippen MR) is 90.1 cm³/mol. The van der Waals surface area contributed by atoms with E-state index in [4.69, 9.17) is 4.52 Å². The van der Waals surface area contributed by atoms with Gasteiger partial charge in [0.15, 0.2) is 5.82 Å². The molecule has 5 nitrogen and oxygen atoms in total. The summed E-state index contributed by atoms with van der Waals surface area (Å²) in [5.74, 6) is 1.54. The number of aryl methyl sites for hydroxylation is 1. The number of aromatic nitrogens is 2. The van der Waals surface area contributed by atoms with Crippen molar-refractivity contribution in [2.75, 3.05) is 26.7 Å². The first-order chi connectivity index (χ1) is 11.2. The van der Waals surface area contributed by atoms with Crippen molar-refractivity contribution in [3.8, 4) is 0 Å². The Bertz CT molecular complexity index is 625. The van der Waals surface area contributed by atoms with Crippen LogP contribution in [0.1, 0.15) is 36.2 Å². The molecule has 0 N–H and O–H groups in total. The number of benzene rings is 1. The van der Waals surface area contributed by atoms with Gasteiger partial charge in [0.05, 0.1) is 6.54 Å². The summed E-state index contributed by atoms with van der Waals surface area (Å²) < 4.78 is 5.31. The topological polar surface area (TPSA) is 45.4 Å². The summed E-state index contributed by atoms with van der Waals surface area (Å²) in [6, 6.07) is 8.78. The maximum Gasteiger partial charge on any atom is 0.240 e. The Labute approximate surface area is 138 Å². The number of likely N-dealkylation sites (N-methyl/N-ethyl adjacent to an activating group) is 1. The summed E-state index contributed by atoms with van der Waals surface area (Å²) >= 11 is 0. The Balaban J connectivity index is 1.45. The van der Waals surface area contributed by atoms with E-state index in [1.54, 1.807) is 0 Å². The zero-order valence-electron chi connectivity index (χ0n) is 14.2. The molecule has 23 heavy (non-hydrogen) atoms. The minimum atomic E-state index is 0.722. The third kappa shape index (κ3) is 4.39. The van der Waals surface area contributed by atoms with Crippen LogP contribution in [0.2, 0.25) is 0 Å². The van der Waals surface area contributed by atoms with Gasteiger partial charge in [-0.15, -0.1) is 0 Å². The van der Waals surface area contributed by atoms with E-state index in [0.717, 1.165) is 63.7 Å². The van der Waals surface area contributed by atoms with Crippen LogP contribution >= 0.6 is 0 Å². The molecule has 124 valence electrons. The van der Waals surface area contributed by atoms with Crippen LogP contribution in [0.4, 0.5) is 0 Å². The molecule has 0 amide bonds. The summed E-state index contributed by atoms with van der Waals surface area (Å²) in [5.41, 5.74) is 2.98. The quantitative estimate of drug-likeness (QED) is 0.786. The molecule has 0 aliphatic carbocycles. The Kier molecular flexibility index (Phi) is 5.41. The lowest BCUT2D eigenvalue weighted by Gasteiger charge is -2.30. The van der Waals surface area contributed by atoms with Gasteiger partial charge in [-0.3, -0.25) is 9.80 Å². The van der Waals surface area contributed by atoms with E-state index in [1.165, 1.54) is 11.1 Å². The standard InChI is InChI=1S/C18H26N4O/c1-3-6-17-19-18(23-20-17)14-21(2)11-12-22-10-9-15-7-4-5-8-16(15)13-22/h4-5,7-8H,3,6,9-14H2,1-2H3. The molecule has 1 aliphatic rings. The van der Waals surface area contributed by atoms with Crippen molar-refractivity contribution in [3.05, 3.63) is 47.1 Å². The van der Waals surface area contributed by atoms with Gasteiger partial charge in [0.1, 0.15) is 0 Å². The van der Waals surface area contributed by atoms with Crippen LogP contribution in [0.15, 0.2) is 28.8 Å². The highest BCUT2D eigenvalue weighted by atomic mass is 16.5.